The van der Waals surface area contributed by atoms with E-state index in [2.05, 4.69) is 0 Å². The van der Waals surface area contributed by atoms with Gasteiger partial charge in [0.1, 0.15) is 6.04 Å². The molecule has 114 valence electrons. The summed E-state index contributed by atoms with van der Waals surface area (Å²) in [5.41, 5.74) is 0.514. The Kier molecular flexibility index (Phi) is 3.40. The second-order valence-electron chi connectivity index (χ2n) is 5.08. The Balaban J connectivity index is 1.77. The molecule has 1 aromatic carbocycles. The van der Waals surface area contributed by atoms with E-state index in [4.69, 9.17) is 9.47 Å². The summed E-state index contributed by atoms with van der Waals surface area (Å²) in [6, 6.07) is 5.24. The van der Waals surface area contributed by atoms with Crippen LogP contribution in [-0.4, -0.2) is 47.4 Å². The van der Waals surface area contributed by atoms with Crippen molar-refractivity contribution in [2.24, 2.45) is 0 Å². The van der Waals surface area contributed by atoms with Crippen molar-refractivity contribution in [2.75, 3.05) is 6.61 Å². The minimum absolute atomic E-state index is 0.193. The Morgan fingerprint density at radius 1 is 1.23 bits per heavy atom. The topological polar surface area (TPSA) is 90.0 Å². The molecule has 2 heterocycles. The van der Waals surface area contributed by atoms with Crippen LogP contribution in [0.4, 0.5) is 0 Å². The van der Waals surface area contributed by atoms with E-state index in [9.17, 15) is 19.2 Å². The monoisotopic (exact) mass is 303 g/mol. The van der Waals surface area contributed by atoms with Crippen molar-refractivity contribution < 1.29 is 28.7 Å². The van der Waals surface area contributed by atoms with Crippen LogP contribution in [0.15, 0.2) is 24.3 Å². The highest BCUT2D eigenvalue weighted by Gasteiger charge is 2.42. The predicted octanol–water partition coefficient (Wildman–Crippen LogP) is 0.530. The van der Waals surface area contributed by atoms with E-state index in [1.165, 1.54) is 19.1 Å². The number of esters is 2. The second kappa shape index (κ2) is 5.25. The maximum atomic E-state index is 12.3. The first-order valence-corrected chi connectivity index (χ1v) is 6.84. The molecule has 7 nitrogen and oxygen atoms in total. The number of carbonyl (C=O) groups is 4. The van der Waals surface area contributed by atoms with E-state index in [0.717, 1.165) is 4.90 Å². The SMILES string of the molecule is CC(C(=O)OC1CCOC1=O)N1C(=O)c2ccccc2C1=O. The molecule has 1 fully saturated rings. The van der Waals surface area contributed by atoms with Gasteiger partial charge in [0.25, 0.3) is 11.8 Å². The zero-order chi connectivity index (χ0) is 15.9. The van der Waals surface area contributed by atoms with Crippen LogP contribution in [0.1, 0.15) is 34.1 Å². The normalized spacial score (nSPS) is 21.6. The van der Waals surface area contributed by atoms with E-state index >= 15 is 0 Å². The molecule has 2 aliphatic rings. The van der Waals surface area contributed by atoms with Crippen molar-refractivity contribution in [1.82, 2.24) is 4.90 Å². The lowest BCUT2D eigenvalue weighted by atomic mass is 10.1. The lowest BCUT2D eigenvalue weighted by molar-refractivity contribution is -0.162. The Bertz CT molecular complexity index is 647. The molecule has 0 saturated carbocycles. The number of rotatable bonds is 3. The van der Waals surface area contributed by atoms with Crippen LogP contribution in [0.5, 0.6) is 0 Å². The van der Waals surface area contributed by atoms with Crippen molar-refractivity contribution in [3.8, 4) is 0 Å². The number of fused-ring (bicyclic) bond motifs is 1. The standard InChI is InChI=1S/C15H13NO6/c1-8(14(19)22-11-6-7-21-15(11)20)16-12(17)9-4-2-3-5-10(9)13(16)18/h2-5,8,11H,6-7H2,1H3. The second-order valence-corrected chi connectivity index (χ2v) is 5.08. The van der Waals surface area contributed by atoms with E-state index in [1.807, 2.05) is 0 Å². The number of hydrogen-bond acceptors (Lipinski definition) is 6. The molecule has 2 amide bonds. The molecule has 0 spiro atoms. The molecule has 2 unspecified atom stereocenters. The summed E-state index contributed by atoms with van der Waals surface area (Å²) in [5, 5.41) is 0. The Hall–Kier alpha value is -2.70. The lowest BCUT2D eigenvalue weighted by Crippen LogP contribution is -2.45. The molecule has 22 heavy (non-hydrogen) atoms. The molecule has 7 heteroatoms. The van der Waals surface area contributed by atoms with Crippen molar-refractivity contribution in [3.05, 3.63) is 35.4 Å². The molecular weight excluding hydrogens is 290 g/mol. The van der Waals surface area contributed by atoms with Crippen LogP contribution in [0.3, 0.4) is 0 Å². The number of carbonyl (C=O) groups excluding carboxylic acids is 4. The van der Waals surface area contributed by atoms with Crippen molar-refractivity contribution in [2.45, 2.75) is 25.5 Å². The summed E-state index contributed by atoms with van der Waals surface area (Å²) in [4.78, 5) is 48.8. The molecule has 2 atom stereocenters. The average Bonchev–Trinajstić information content (AvgIpc) is 3.02. The van der Waals surface area contributed by atoms with E-state index in [0.29, 0.717) is 0 Å². The van der Waals surface area contributed by atoms with Crippen LogP contribution < -0.4 is 0 Å². The van der Waals surface area contributed by atoms with Crippen LogP contribution in [0.2, 0.25) is 0 Å². The Labute approximate surface area is 125 Å². The summed E-state index contributed by atoms with van der Waals surface area (Å²) >= 11 is 0. The molecule has 0 radical (unpaired) electrons. The summed E-state index contributed by atoms with van der Waals surface area (Å²) in [6.45, 7) is 1.59. The third-order valence-corrected chi connectivity index (χ3v) is 3.70. The summed E-state index contributed by atoms with van der Waals surface area (Å²) in [7, 11) is 0. The first kappa shape index (κ1) is 14.2. The molecule has 1 aromatic rings. The molecule has 0 aromatic heterocycles. The number of hydrogen-bond donors (Lipinski definition) is 0. The molecular formula is C15H13NO6. The summed E-state index contributed by atoms with van der Waals surface area (Å²) in [6.07, 6.45) is -0.690. The van der Waals surface area contributed by atoms with Crippen molar-refractivity contribution in [1.29, 1.82) is 0 Å². The third kappa shape index (κ3) is 2.14. The lowest BCUT2D eigenvalue weighted by Gasteiger charge is -2.21. The maximum Gasteiger partial charge on any atom is 0.347 e. The van der Waals surface area contributed by atoms with Gasteiger partial charge in [-0.05, 0) is 19.1 Å². The van der Waals surface area contributed by atoms with Gasteiger partial charge in [-0.15, -0.1) is 0 Å². The van der Waals surface area contributed by atoms with E-state index in [-0.39, 0.29) is 24.2 Å². The average molecular weight is 303 g/mol. The third-order valence-electron chi connectivity index (χ3n) is 3.70. The van der Waals surface area contributed by atoms with Gasteiger partial charge in [0.15, 0.2) is 0 Å². The van der Waals surface area contributed by atoms with Gasteiger partial charge in [-0.1, -0.05) is 12.1 Å². The molecule has 1 saturated heterocycles. The number of benzene rings is 1. The zero-order valence-corrected chi connectivity index (χ0v) is 11.8. The fraction of sp³-hybridized carbons (Fsp3) is 0.333. The molecule has 2 aliphatic heterocycles. The smallest absolute Gasteiger partial charge is 0.347 e. The molecule has 0 bridgehead atoms. The van der Waals surface area contributed by atoms with Crippen LogP contribution >= 0.6 is 0 Å². The van der Waals surface area contributed by atoms with E-state index in [1.54, 1.807) is 12.1 Å². The quantitative estimate of drug-likeness (QED) is 0.597. The van der Waals surface area contributed by atoms with Crippen LogP contribution in [-0.2, 0) is 19.1 Å². The van der Waals surface area contributed by atoms with Gasteiger partial charge in [-0.25, -0.2) is 9.59 Å². The number of ether oxygens (including phenoxy) is 2. The summed E-state index contributed by atoms with van der Waals surface area (Å²) in [5.74, 6) is -2.50. The number of imide groups is 1. The zero-order valence-electron chi connectivity index (χ0n) is 11.8. The van der Waals surface area contributed by atoms with Gasteiger partial charge in [-0.2, -0.15) is 0 Å². The van der Waals surface area contributed by atoms with Gasteiger partial charge in [0.05, 0.1) is 17.7 Å². The molecule has 3 rings (SSSR count). The number of amides is 2. The van der Waals surface area contributed by atoms with Gasteiger partial charge in [0.2, 0.25) is 6.10 Å². The van der Waals surface area contributed by atoms with Crippen LogP contribution in [0, 0.1) is 0 Å². The van der Waals surface area contributed by atoms with Gasteiger partial charge >= 0.3 is 11.9 Å². The maximum absolute atomic E-state index is 12.3. The first-order valence-electron chi connectivity index (χ1n) is 6.84. The van der Waals surface area contributed by atoms with Gasteiger partial charge in [0, 0.05) is 6.42 Å². The highest BCUT2D eigenvalue weighted by molar-refractivity contribution is 6.22. The largest absolute Gasteiger partial charge is 0.463 e. The molecule has 0 aliphatic carbocycles. The van der Waals surface area contributed by atoms with E-state index < -0.39 is 35.9 Å². The fourth-order valence-electron chi connectivity index (χ4n) is 2.49. The highest BCUT2D eigenvalue weighted by Crippen LogP contribution is 2.25. The van der Waals surface area contributed by atoms with Crippen molar-refractivity contribution >= 4 is 23.8 Å². The minimum Gasteiger partial charge on any atom is -0.463 e. The fourth-order valence-corrected chi connectivity index (χ4v) is 2.49. The number of cyclic esters (lactones) is 1. The first-order chi connectivity index (χ1) is 10.5. The van der Waals surface area contributed by atoms with Crippen LogP contribution in [0.25, 0.3) is 0 Å². The summed E-state index contributed by atoms with van der Waals surface area (Å²) < 4.78 is 9.73. The molecule has 0 N–H and O–H groups in total. The van der Waals surface area contributed by atoms with Gasteiger partial charge in [-0.3, -0.25) is 14.5 Å². The van der Waals surface area contributed by atoms with Crippen molar-refractivity contribution in [3.63, 3.8) is 0 Å². The minimum atomic E-state index is -1.11. The Morgan fingerprint density at radius 2 is 1.82 bits per heavy atom. The number of nitrogens with zero attached hydrogens (tertiary/aromatic N) is 1. The highest BCUT2D eigenvalue weighted by atomic mass is 16.6. The Morgan fingerprint density at radius 3 is 2.32 bits per heavy atom. The predicted molar refractivity (Wildman–Crippen MR) is 71.9 cm³/mol. The van der Waals surface area contributed by atoms with Gasteiger partial charge < -0.3 is 9.47 Å².